The van der Waals surface area contributed by atoms with Crippen molar-refractivity contribution in [3.63, 3.8) is 0 Å². The molecule has 7 heteroatoms. The lowest BCUT2D eigenvalue weighted by atomic mass is 10.2. The molecule has 0 spiro atoms. The molecule has 1 aromatic carbocycles. The Kier molecular flexibility index (Phi) is 5.65. The van der Waals surface area contributed by atoms with E-state index in [2.05, 4.69) is 4.72 Å². The van der Waals surface area contributed by atoms with Crippen molar-refractivity contribution in [1.82, 2.24) is 4.72 Å². The summed E-state index contributed by atoms with van der Waals surface area (Å²) in [5.74, 6) is 0.369. The van der Waals surface area contributed by atoms with Crippen LogP contribution in [0.2, 0.25) is 5.02 Å². The van der Waals surface area contributed by atoms with E-state index < -0.39 is 10.0 Å². The Morgan fingerprint density at radius 1 is 1.47 bits per heavy atom. The molecule has 1 aliphatic rings. The Morgan fingerprint density at radius 3 is 2.63 bits per heavy atom. The van der Waals surface area contributed by atoms with Gasteiger partial charge in [-0.1, -0.05) is 17.7 Å². The second-order valence-electron chi connectivity index (χ2n) is 4.73. The minimum Gasteiger partial charge on any atom is -0.329 e. The number of aryl methyl sites for hydroxylation is 1. The molecule has 19 heavy (non-hydrogen) atoms. The van der Waals surface area contributed by atoms with Gasteiger partial charge in [0.1, 0.15) is 4.90 Å². The minimum absolute atomic E-state index is 0. The average molecular weight is 325 g/mol. The highest BCUT2D eigenvalue weighted by Crippen LogP contribution is 2.33. The van der Waals surface area contributed by atoms with E-state index in [1.54, 1.807) is 18.2 Å². The number of hydrogen-bond acceptors (Lipinski definition) is 3. The van der Waals surface area contributed by atoms with Gasteiger partial charge in [0.05, 0.1) is 5.02 Å². The van der Waals surface area contributed by atoms with Crippen LogP contribution in [0.3, 0.4) is 0 Å². The van der Waals surface area contributed by atoms with Crippen LogP contribution in [0.1, 0.15) is 18.4 Å². The molecule has 108 valence electrons. The summed E-state index contributed by atoms with van der Waals surface area (Å²) >= 11 is 5.95. The first-order valence-electron chi connectivity index (χ1n) is 5.92. The highest BCUT2D eigenvalue weighted by molar-refractivity contribution is 7.89. The van der Waals surface area contributed by atoms with Crippen molar-refractivity contribution in [2.24, 2.45) is 11.7 Å². The van der Waals surface area contributed by atoms with Crippen molar-refractivity contribution < 1.29 is 8.42 Å². The molecule has 0 amide bonds. The Hall–Kier alpha value is -0.330. The van der Waals surface area contributed by atoms with Crippen molar-refractivity contribution >= 4 is 34.0 Å². The van der Waals surface area contributed by atoms with E-state index >= 15 is 0 Å². The van der Waals surface area contributed by atoms with Crippen LogP contribution in [0.15, 0.2) is 23.1 Å². The molecule has 1 fully saturated rings. The lowest BCUT2D eigenvalue weighted by molar-refractivity contribution is 0.519. The summed E-state index contributed by atoms with van der Waals surface area (Å²) in [7, 11) is -3.59. The minimum atomic E-state index is -3.59. The van der Waals surface area contributed by atoms with E-state index in [0.717, 1.165) is 18.4 Å². The van der Waals surface area contributed by atoms with Crippen LogP contribution in [0.25, 0.3) is 0 Å². The van der Waals surface area contributed by atoms with Gasteiger partial charge in [-0.15, -0.1) is 12.4 Å². The monoisotopic (exact) mass is 324 g/mol. The summed E-state index contributed by atoms with van der Waals surface area (Å²) in [6.07, 6.45) is 2.07. The van der Waals surface area contributed by atoms with Crippen molar-refractivity contribution in [2.45, 2.75) is 30.7 Å². The van der Waals surface area contributed by atoms with Crippen molar-refractivity contribution in [3.05, 3.63) is 28.8 Å². The molecular weight excluding hydrogens is 307 g/mol. The van der Waals surface area contributed by atoms with Crippen LogP contribution in [0, 0.1) is 12.8 Å². The molecule has 0 aromatic heterocycles. The summed E-state index contributed by atoms with van der Waals surface area (Å²) < 4.78 is 27.2. The van der Waals surface area contributed by atoms with Gasteiger partial charge in [0.2, 0.25) is 10.0 Å². The van der Waals surface area contributed by atoms with Crippen LogP contribution < -0.4 is 10.5 Å². The van der Waals surface area contributed by atoms with Gasteiger partial charge in [-0.25, -0.2) is 13.1 Å². The molecule has 1 atom stereocenters. The van der Waals surface area contributed by atoms with Gasteiger partial charge in [-0.2, -0.15) is 0 Å². The third-order valence-electron chi connectivity index (χ3n) is 3.13. The predicted octanol–water partition coefficient (Wildman–Crippen LogP) is 2.09. The first kappa shape index (κ1) is 16.7. The molecule has 1 unspecified atom stereocenters. The molecule has 0 saturated heterocycles. The normalized spacial score (nSPS) is 16.8. The van der Waals surface area contributed by atoms with E-state index in [1.165, 1.54) is 0 Å². The predicted molar refractivity (Wildman–Crippen MR) is 79.3 cm³/mol. The van der Waals surface area contributed by atoms with E-state index in [9.17, 15) is 8.42 Å². The molecule has 1 saturated carbocycles. The van der Waals surface area contributed by atoms with Gasteiger partial charge < -0.3 is 5.73 Å². The first-order chi connectivity index (χ1) is 8.44. The maximum absolute atomic E-state index is 12.3. The molecular formula is C12H18Cl2N2O2S. The molecule has 3 N–H and O–H groups in total. The summed E-state index contributed by atoms with van der Waals surface area (Å²) in [5.41, 5.74) is 6.46. The van der Waals surface area contributed by atoms with Crippen LogP contribution in [-0.4, -0.2) is 21.0 Å². The number of rotatable bonds is 5. The van der Waals surface area contributed by atoms with Crippen LogP contribution in [0.5, 0.6) is 0 Å². The molecule has 4 nitrogen and oxygen atoms in total. The molecule has 1 aliphatic carbocycles. The number of hydrogen-bond donors (Lipinski definition) is 2. The lowest BCUT2D eigenvalue weighted by Gasteiger charge is -2.17. The third kappa shape index (κ3) is 4.07. The SMILES string of the molecule is Cc1ccc(Cl)c(S(=O)(=O)NC(CN)C2CC2)c1.Cl. The second kappa shape index (κ2) is 6.41. The van der Waals surface area contributed by atoms with Gasteiger partial charge in [0, 0.05) is 12.6 Å². The quantitative estimate of drug-likeness (QED) is 0.871. The van der Waals surface area contributed by atoms with E-state index in [1.807, 2.05) is 6.92 Å². The van der Waals surface area contributed by atoms with Crippen LogP contribution >= 0.6 is 24.0 Å². The summed E-state index contributed by atoms with van der Waals surface area (Å²) in [4.78, 5) is 0.128. The third-order valence-corrected chi connectivity index (χ3v) is 5.10. The fourth-order valence-electron chi connectivity index (χ4n) is 1.91. The fourth-order valence-corrected chi connectivity index (χ4v) is 3.82. The van der Waals surface area contributed by atoms with E-state index in [-0.39, 0.29) is 28.4 Å². The van der Waals surface area contributed by atoms with E-state index in [0.29, 0.717) is 12.5 Å². The molecule has 0 radical (unpaired) electrons. The Morgan fingerprint density at radius 2 is 2.11 bits per heavy atom. The summed E-state index contributed by atoms with van der Waals surface area (Å²) in [6.45, 7) is 2.14. The fraction of sp³-hybridized carbons (Fsp3) is 0.500. The number of nitrogens with two attached hydrogens (primary N) is 1. The van der Waals surface area contributed by atoms with Crippen molar-refractivity contribution in [3.8, 4) is 0 Å². The smallest absolute Gasteiger partial charge is 0.242 e. The second-order valence-corrected chi connectivity index (χ2v) is 6.82. The van der Waals surface area contributed by atoms with E-state index in [4.69, 9.17) is 17.3 Å². The van der Waals surface area contributed by atoms with Gasteiger partial charge in [-0.3, -0.25) is 0 Å². The summed E-state index contributed by atoms with van der Waals surface area (Å²) in [6, 6.07) is 4.76. The topological polar surface area (TPSA) is 72.2 Å². The van der Waals surface area contributed by atoms with Crippen LogP contribution in [-0.2, 0) is 10.0 Å². The first-order valence-corrected chi connectivity index (χ1v) is 7.78. The maximum atomic E-state index is 12.3. The Labute approximate surface area is 125 Å². The molecule has 2 rings (SSSR count). The standard InChI is InChI=1S/C12H17ClN2O2S.ClH/c1-8-2-5-10(13)12(6-8)18(16,17)15-11(7-14)9-3-4-9;/h2,5-6,9,11,15H,3-4,7,14H2,1H3;1H. The number of sulfonamides is 1. The molecule has 0 aliphatic heterocycles. The van der Waals surface area contributed by atoms with Gasteiger partial charge in [0.15, 0.2) is 0 Å². The Bertz CT molecular complexity index is 545. The Balaban J connectivity index is 0.00000180. The van der Waals surface area contributed by atoms with Crippen LogP contribution in [0.4, 0.5) is 0 Å². The highest BCUT2D eigenvalue weighted by Gasteiger charge is 2.33. The lowest BCUT2D eigenvalue weighted by Crippen LogP contribution is -2.41. The molecule has 0 heterocycles. The molecule has 0 bridgehead atoms. The largest absolute Gasteiger partial charge is 0.329 e. The van der Waals surface area contributed by atoms with Gasteiger partial charge >= 0.3 is 0 Å². The van der Waals surface area contributed by atoms with Gasteiger partial charge in [-0.05, 0) is 43.4 Å². The van der Waals surface area contributed by atoms with Crippen molar-refractivity contribution in [1.29, 1.82) is 0 Å². The van der Waals surface area contributed by atoms with Gasteiger partial charge in [0.25, 0.3) is 0 Å². The maximum Gasteiger partial charge on any atom is 0.242 e. The van der Waals surface area contributed by atoms with Crippen molar-refractivity contribution in [2.75, 3.05) is 6.54 Å². The zero-order chi connectivity index (χ0) is 13.3. The number of benzene rings is 1. The highest BCUT2D eigenvalue weighted by atomic mass is 35.5. The average Bonchev–Trinajstić information content (AvgIpc) is 3.13. The zero-order valence-electron chi connectivity index (χ0n) is 10.6. The molecule has 1 aromatic rings. The number of nitrogens with one attached hydrogen (secondary N) is 1. The zero-order valence-corrected chi connectivity index (χ0v) is 13.0. The number of halogens is 2. The summed E-state index contributed by atoms with van der Waals surface area (Å²) in [5, 5.41) is 0.236.